The Kier molecular flexibility index (Phi) is 4.88. The summed E-state index contributed by atoms with van der Waals surface area (Å²) in [6.45, 7) is 3.25. The van der Waals surface area contributed by atoms with Crippen molar-refractivity contribution in [3.63, 3.8) is 0 Å². The number of hydrogen-bond acceptors (Lipinski definition) is 3. The molecule has 1 fully saturated rings. The second-order valence-electron chi connectivity index (χ2n) is 4.74. The number of rotatable bonds is 5. The van der Waals surface area contributed by atoms with Crippen molar-refractivity contribution in [3.05, 3.63) is 0 Å². The third-order valence-corrected chi connectivity index (χ3v) is 3.25. The van der Waals surface area contributed by atoms with Crippen LogP contribution in [0.1, 0.15) is 51.9 Å². The van der Waals surface area contributed by atoms with E-state index in [0.717, 1.165) is 13.0 Å². The summed E-state index contributed by atoms with van der Waals surface area (Å²) in [7, 11) is 0. The fourth-order valence-corrected chi connectivity index (χ4v) is 2.22. The third kappa shape index (κ3) is 4.51. The first kappa shape index (κ1) is 12.3. The van der Waals surface area contributed by atoms with Crippen molar-refractivity contribution in [2.75, 3.05) is 6.54 Å². The molecular weight excluding hydrogens is 190 g/mol. The molecule has 0 radical (unpaired) electrons. The first-order chi connectivity index (χ1) is 7.16. The Morgan fingerprint density at radius 3 is 2.67 bits per heavy atom. The highest BCUT2D eigenvalue weighted by atomic mass is 16.4. The van der Waals surface area contributed by atoms with Gasteiger partial charge in [-0.25, -0.2) is 0 Å². The summed E-state index contributed by atoms with van der Waals surface area (Å²) in [6.07, 6.45) is 8.20. The van der Waals surface area contributed by atoms with E-state index in [1.807, 2.05) is 0 Å². The summed E-state index contributed by atoms with van der Waals surface area (Å²) in [5.41, 5.74) is 5.72. The van der Waals surface area contributed by atoms with Gasteiger partial charge in [-0.05, 0) is 32.7 Å². The van der Waals surface area contributed by atoms with Gasteiger partial charge in [0.15, 0.2) is 0 Å². The molecule has 1 aliphatic rings. The van der Waals surface area contributed by atoms with Crippen molar-refractivity contribution in [1.82, 2.24) is 5.32 Å². The van der Waals surface area contributed by atoms with E-state index < -0.39 is 0 Å². The maximum Gasteiger partial charge on any atom is 0.139 e. The molecule has 4 N–H and O–H groups in total. The van der Waals surface area contributed by atoms with Crippen molar-refractivity contribution >= 4 is 5.84 Å². The summed E-state index contributed by atoms with van der Waals surface area (Å²) in [6, 6.07) is 0. The van der Waals surface area contributed by atoms with Crippen LogP contribution >= 0.6 is 0 Å². The smallest absolute Gasteiger partial charge is 0.139 e. The predicted octanol–water partition coefficient (Wildman–Crippen LogP) is 1.83. The molecule has 0 spiro atoms. The van der Waals surface area contributed by atoms with E-state index in [4.69, 9.17) is 10.9 Å². The largest absolute Gasteiger partial charge is 0.409 e. The van der Waals surface area contributed by atoms with Crippen molar-refractivity contribution in [2.45, 2.75) is 57.4 Å². The number of nitrogens with one attached hydrogen (secondary N) is 1. The molecule has 0 saturated heterocycles. The number of hydrogen-bond donors (Lipinski definition) is 3. The van der Waals surface area contributed by atoms with E-state index in [0.29, 0.717) is 17.8 Å². The molecule has 0 bridgehead atoms. The van der Waals surface area contributed by atoms with Crippen molar-refractivity contribution in [2.24, 2.45) is 10.9 Å². The zero-order valence-electron chi connectivity index (χ0n) is 9.63. The zero-order valence-corrected chi connectivity index (χ0v) is 9.63. The molecule has 0 atom stereocenters. The first-order valence-electron chi connectivity index (χ1n) is 5.88. The molecule has 0 unspecified atom stereocenters. The Morgan fingerprint density at radius 2 is 2.07 bits per heavy atom. The molecule has 0 heterocycles. The quantitative estimate of drug-likeness (QED) is 0.214. The fourth-order valence-electron chi connectivity index (χ4n) is 2.22. The SMILES string of the molecule is CC1(NCCCC(N)=NO)CCCCC1. The lowest BCUT2D eigenvalue weighted by Gasteiger charge is -2.34. The molecule has 15 heavy (non-hydrogen) atoms. The lowest BCUT2D eigenvalue weighted by Crippen LogP contribution is -2.44. The first-order valence-corrected chi connectivity index (χ1v) is 5.88. The van der Waals surface area contributed by atoms with Gasteiger partial charge in [0, 0.05) is 12.0 Å². The molecule has 0 aromatic heterocycles. The van der Waals surface area contributed by atoms with Gasteiger partial charge >= 0.3 is 0 Å². The van der Waals surface area contributed by atoms with E-state index >= 15 is 0 Å². The molecule has 4 nitrogen and oxygen atoms in total. The van der Waals surface area contributed by atoms with Crippen molar-refractivity contribution in [1.29, 1.82) is 0 Å². The molecule has 1 aliphatic carbocycles. The second kappa shape index (κ2) is 5.95. The van der Waals surface area contributed by atoms with Crippen LogP contribution in [0.2, 0.25) is 0 Å². The normalized spacial score (nSPS) is 21.5. The Labute approximate surface area is 91.9 Å². The molecular formula is C11H23N3O. The second-order valence-corrected chi connectivity index (χ2v) is 4.74. The van der Waals surface area contributed by atoms with E-state index in [1.165, 1.54) is 32.1 Å². The van der Waals surface area contributed by atoms with Gasteiger partial charge in [0.05, 0.1) is 0 Å². The van der Waals surface area contributed by atoms with Crippen molar-refractivity contribution in [3.8, 4) is 0 Å². The monoisotopic (exact) mass is 213 g/mol. The predicted molar refractivity (Wildman–Crippen MR) is 62.1 cm³/mol. The minimum atomic E-state index is 0.323. The molecule has 1 rings (SSSR count). The van der Waals surface area contributed by atoms with Crippen LogP contribution in [0.4, 0.5) is 0 Å². The lowest BCUT2D eigenvalue weighted by atomic mass is 9.83. The van der Waals surface area contributed by atoms with E-state index in [-0.39, 0.29) is 0 Å². The molecule has 0 aliphatic heterocycles. The average molecular weight is 213 g/mol. The van der Waals surface area contributed by atoms with Crippen LogP contribution in [-0.4, -0.2) is 23.1 Å². The Balaban J connectivity index is 2.13. The van der Waals surface area contributed by atoms with Crippen LogP contribution < -0.4 is 11.1 Å². The van der Waals surface area contributed by atoms with Crippen LogP contribution in [0.5, 0.6) is 0 Å². The number of amidine groups is 1. The maximum absolute atomic E-state index is 8.38. The summed E-state index contributed by atoms with van der Waals surface area (Å²) >= 11 is 0. The van der Waals surface area contributed by atoms with Gasteiger partial charge in [-0.1, -0.05) is 24.4 Å². The van der Waals surface area contributed by atoms with Gasteiger partial charge in [-0.2, -0.15) is 0 Å². The topological polar surface area (TPSA) is 70.6 Å². The van der Waals surface area contributed by atoms with Crippen LogP contribution in [-0.2, 0) is 0 Å². The standard InChI is InChI=1S/C11H23N3O/c1-11(7-3-2-4-8-11)13-9-5-6-10(12)14-15/h13,15H,2-9H2,1H3,(H2,12,14). The highest BCUT2D eigenvalue weighted by molar-refractivity contribution is 5.79. The number of nitrogens with zero attached hydrogens (tertiary/aromatic N) is 1. The van der Waals surface area contributed by atoms with Gasteiger partial charge in [0.2, 0.25) is 0 Å². The highest BCUT2D eigenvalue weighted by Crippen LogP contribution is 2.27. The Morgan fingerprint density at radius 1 is 1.40 bits per heavy atom. The van der Waals surface area contributed by atoms with Gasteiger partial charge < -0.3 is 16.3 Å². The average Bonchev–Trinajstić information content (AvgIpc) is 2.25. The molecule has 4 heteroatoms. The summed E-state index contributed by atoms with van der Waals surface area (Å²) < 4.78 is 0. The molecule has 0 aromatic carbocycles. The summed E-state index contributed by atoms with van der Waals surface area (Å²) in [5, 5.41) is 14.9. The highest BCUT2D eigenvalue weighted by Gasteiger charge is 2.25. The number of nitrogens with two attached hydrogens (primary N) is 1. The van der Waals surface area contributed by atoms with Crippen LogP contribution in [0, 0.1) is 0 Å². The third-order valence-electron chi connectivity index (χ3n) is 3.25. The van der Waals surface area contributed by atoms with Gasteiger partial charge in [-0.15, -0.1) is 0 Å². The maximum atomic E-state index is 8.38. The van der Waals surface area contributed by atoms with E-state index in [2.05, 4.69) is 17.4 Å². The van der Waals surface area contributed by atoms with Crippen LogP contribution in [0.3, 0.4) is 0 Å². The lowest BCUT2D eigenvalue weighted by molar-refractivity contribution is 0.254. The summed E-state index contributed by atoms with van der Waals surface area (Å²) in [4.78, 5) is 0. The molecule has 1 saturated carbocycles. The fraction of sp³-hybridized carbons (Fsp3) is 0.909. The van der Waals surface area contributed by atoms with Gasteiger partial charge in [0.25, 0.3) is 0 Å². The van der Waals surface area contributed by atoms with Gasteiger partial charge in [0.1, 0.15) is 5.84 Å². The molecule has 88 valence electrons. The van der Waals surface area contributed by atoms with Crippen LogP contribution in [0.25, 0.3) is 0 Å². The molecule has 0 aromatic rings. The molecule has 0 amide bonds. The minimum Gasteiger partial charge on any atom is -0.409 e. The van der Waals surface area contributed by atoms with Crippen LogP contribution in [0.15, 0.2) is 5.16 Å². The Hall–Kier alpha value is -0.770. The zero-order chi connectivity index (χ0) is 11.1. The van der Waals surface area contributed by atoms with Gasteiger partial charge in [-0.3, -0.25) is 0 Å². The summed E-state index contributed by atoms with van der Waals surface area (Å²) in [5.74, 6) is 0.325. The van der Waals surface area contributed by atoms with Crippen molar-refractivity contribution < 1.29 is 5.21 Å². The van der Waals surface area contributed by atoms with E-state index in [1.54, 1.807) is 0 Å². The van der Waals surface area contributed by atoms with E-state index in [9.17, 15) is 0 Å². The minimum absolute atomic E-state index is 0.323. The number of oxime groups is 1. The Bertz CT molecular complexity index is 210.